The van der Waals surface area contributed by atoms with Crippen LogP contribution in [0.5, 0.6) is 0 Å². The third-order valence-corrected chi connectivity index (χ3v) is 2.73. The second-order valence-electron chi connectivity index (χ2n) is 4.35. The Labute approximate surface area is 106 Å². The van der Waals surface area contributed by atoms with Gasteiger partial charge in [-0.3, -0.25) is 14.3 Å². The van der Waals surface area contributed by atoms with Crippen LogP contribution < -0.4 is 5.32 Å². The molecule has 2 N–H and O–H groups in total. The SMILES string of the molecule is CC(CCC(=O)O)NC(=O)CCc1ccnn1C. The second-order valence-corrected chi connectivity index (χ2v) is 4.35. The minimum absolute atomic E-state index is 0.0610. The van der Waals surface area contributed by atoms with Gasteiger partial charge in [-0.15, -0.1) is 0 Å². The molecule has 0 aliphatic rings. The lowest BCUT2D eigenvalue weighted by molar-refractivity contribution is -0.137. The van der Waals surface area contributed by atoms with Crippen molar-refractivity contribution in [2.24, 2.45) is 7.05 Å². The zero-order chi connectivity index (χ0) is 13.5. The summed E-state index contributed by atoms with van der Waals surface area (Å²) >= 11 is 0. The molecular weight excluding hydrogens is 234 g/mol. The van der Waals surface area contributed by atoms with E-state index in [-0.39, 0.29) is 18.4 Å². The second kappa shape index (κ2) is 6.78. The highest BCUT2D eigenvalue weighted by Gasteiger charge is 2.10. The monoisotopic (exact) mass is 253 g/mol. The number of hydrogen-bond acceptors (Lipinski definition) is 3. The maximum absolute atomic E-state index is 11.6. The molecule has 1 amide bonds. The summed E-state index contributed by atoms with van der Waals surface area (Å²) < 4.78 is 1.74. The number of carbonyl (C=O) groups excluding carboxylic acids is 1. The van der Waals surface area contributed by atoms with Gasteiger partial charge in [0.1, 0.15) is 0 Å². The lowest BCUT2D eigenvalue weighted by Gasteiger charge is -2.12. The number of nitrogens with one attached hydrogen (secondary N) is 1. The maximum atomic E-state index is 11.6. The minimum atomic E-state index is -0.842. The number of aryl methyl sites for hydroxylation is 2. The molecule has 1 rings (SSSR count). The number of carboxylic acids is 1. The van der Waals surface area contributed by atoms with Gasteiger partial charge in [-0.2, -0.15) is 5.10 Å². The molecule has 1 heterocycles. The molecule has 6 heteroatoms. The van der Waals surface area contributed by atoms with Crippen molar-refractivity contribution in [3.8, 4) is 0 Å². The Morgan fingerprint density at radius 1 is 1.50 bits per heavy atom. The summed E-state index contributed by atoms with van der Waals surface area (Å²) in [6, 6.07) is 1.77. The average Bonchev–Trinajstić information content (AvgIpc) is 2.69. The summed E-state index contributed by atoms with van der Waals surface area (Å²) in [4.78, 5) is 22.0. The van der Waals surface area contributed by atoms with Crippen molar-refractivity contribution < 1.29 is 14.7 Å². The summed E-state index contributed by atoms with van der Waals surface area (Å²) in [5, 5.41) is 15.3. The minimum Gasteiger partial charge on any atom is -0.481 e. The van der Waals surface area contributed by atoms with Crippen LogP contribution in [0.2, 0.25) is 0 Å². The van der Waals surface area contributed by atoms with Crippen molar-refractivity contribution >= 4 is 11.9 Å². The molecule has 0 radical (unpaired) electrons. The number of carboxylic acid groups (broad SMARTS) is 1. The van der Waals surface area contributed by atoms with E-state index in [0.29, 0.717) is 19.3 Å². The number of nitrogens with zero attached hydrogens (tertiary/aromatic N) is 2. The van der Waals surface area contributed by atoms with Crippen LogP contribution in [0.25, 0.3) is 0 Å². The first-order valence-corrected chi connectivity index (χ1v) is 5.97. The highest BCUT2D eigenvalue weighted by Crippen LogP contribution is 2.02. The first kappa shape index (κ1) is 14.2. The van der Waals surface area contributed by atoms with E-state index >= 15 is 0 Å². The molecule has 0 bridgehead atoms. The van der Waals surface area contributed by atoms with E-state index in [1.165, 1.54) is 0 Å². The van der Waals surface area contributed by atoms with Crippen molar-refractivity contribution in [1.29, 1.82) is 0 Å². The molecule has 0 saturated carbocycles. The predicted molar refractivity (Wildman–Crippen MR) is 66.0 cm³/mol. The normalized spacial score (nSPS) is 12.1. The summed E-state index contributed by atoms with van der Waals surface area (Å²) in [5.74, 6) is -0.903. The third-order valence-electron chi connectivity index (χ3n) is 2.73. The van der Waals surface area contributed by atoms with Crippen molar-refractivity contribution in [1.82, 2.24) is 15.1 Å². The number of aliphatic carboxylic acids is 1. The van der Waals surface area contributed by atoms with Gasteiger partial charge < -0.3 is 10.4 Å². The topological polar surface area (TPSA) is 84.2 Å². The molecule has 100 valence electrons. The molecule has 0 aromatic carbocycles. The average molecular weight is 253 g/mol. The van der Waals surface area contributed by atoms with Gasteiger partial charge in [0, 0.05) is 37.8 Å². The smallest absolute Gasteiger partial charge is 0.303 e. The predicted octanol–water partition coefficient (Wildman–Crippen LogP) is 0.722. The van der Waals surface area contributed by atoms with Crippen molar-refractivity contribution in [2.45, 2.75) is 38.6 Å². The molecule has 0 saturated heterocycles. The first-order chi connectivity index (χ1) is 8.49. The molecule has 6 nitrogen and oxygen atoms in total. The summed E-state index contributed by atoms with van der Waals surface area (Å²) in [7, 11) is 1.84. The molecule has 0 aliphatic heterocycles. The van der Waals surface area contributed by atoms with Crippen LogP contribution in [0.1, 0.15) is 31.9 Å². The molecule has 1 aromatic heterocycles. The van der Waals surface area contributed by atoms with E-state index in [9.17, 15) is 9.59 Å². The Hall–Kier alpha value is -1.85. The number of rotatable bonds is 7. The van der Waals surface area contributed by atoms with Gasteiger partial charge in [-0.05, 0) is 25.8 Å². The Morgan fingerprint density at radius 3 is 2.78 bits per heavy atom. The lowest BCUT2D eigenvalue weighted by Crippen LogP contribution is -2.33. The van der Waals surface area contributed by atoms with E-state index in [1.54, 1.807) is 10.9 Å². The maximum Gasteiger partial charge on any atom is 0.303 e. The summed E-state index contributed by atoms with van der Waals surface area (Å²) in [5.41, 5.74) is 1.00. The van der Waals surface area contributed by atoms with E-state index < -0.39 is 5.97 Å². The quantitative estimate of drug-likeness (QED) is 0.750. The molecule has 0 spiro atoms. The van der Waals surface area contributed by atoms with Crippen LogP contribution in [0.4, 0.5) is 0 Å². The number of hydrogen-bond donors (Lipinski definition) is 2. The zero-order valence-corrected chi connectivity index (χ0v) is 10.7. The van der Waals surface area contributed by atoms with E-state index in [1.807, 2.05) is 20.0 Å². The summed E-state index contributed by atoms with van der Waals surface area (Å²) in [6.07, 6.45) is 3.24. The molecule has 18 heavy (non-hydrogen) atoms. The first-order valence-electron chi connectivity index (χ1n) is 5.97. The Bertz CT molecular complexity index is 414. The fraction of sp³-hybridized carbons (Fsp3) is 0.583. The van der Waals surface area contributed by atoms with Gasteiger partial charge >= 0.3 is 5.97 Å². The molecule has 1 aromatic rings. The van der Waals surface area contributed by atoms with E-state index in [4.69, 9.17) is 5.11 Å². The Morgan fingerprint density at radius 2 is 2.22 bits per heavy atom. The molecular formula is C12H19N3O3. The fourth-order valence-electron chi connectivity index (χ4n) is 1.65. The largest absolute Gasteiger partial charge is 0.481 e. The number of aromatic nitrogens is 2. The van der Waals surface area contributed by atoms with E-state index in [2.05, 4.69) is 10.4 Å². The van der Waals surface area contributed by atoms with Crippen molar-refractivity contribution in [3.05, 3.63) is 18.0 Å². The highest BCUT2D eigenvalue weighted by atomic mass is 16.4. The van der Waals surface area contributed by atoms with Gasteiger partial charge in [0.2, 0.25) is 5.91 Å². The Balaban J connectivity index is 2.25. The Kier molecular flexibility index (Phi) is 5.35. The van der Waals surface area contributed by atoms with Gasteiger partial charge in [0.25, 0.3) is 0 Å². The van der Waals surface area contributed by atoms with Crippen molar-refractivity contribution in [3.63, 3.8) is 0 Å². The molecule has 0 fully saturated rings. The number of carbonyl (C=O) groups is 2. The fourth-order valence-corrected chi connectivity index (χ4v) is 1.65. The lowest BCUT2D eigenvalue weighted by atomic mass is 10.1. The molecule has 1 atom stereocenters. The van der Waals surface area contributed by atoms with Crippen LogP contribution in [-0.4, -0.2) is 32.8 Å². The van der Waals surface area contributed by atoms with Crippen LogP contribution in [0, 0.1) is 0 Å². The number of amides is 1. The van der Waals surface area contributed by atoms with Gasteiger partial charge in [-0.25, -0.2) is 0 Å². The van der Waals surface area contributed by atoms with Crippen LogP contribution >= 0.6 is 0 Å². The van der Waals surface area contributed by atoms with Crippen molar-refractivity contribution in [2.75, 3.05) is 0 Å². The standard InChI is InChI=1S/C12H19N3O3/c1-9(3-6-12(17)18)14-11(16)5-4-10-7-8-13-15(10)2/h7-9H,3-6H2,1-2H3,(H,14,16)(H,17,18). The van der Waals surface area contributed by atoms with Gasteiger partial charge in [0.05, 0.1) is 0 Å². The van der Waals surface area contributed by atoms with E-state index in [0.717, 1.165) is 5.69 Å². The third kappa shape index (κ3) is 4.99. The van der Waals surface area contributed by atoms with Crippen LogP contribution in [0.15, 0.2) is 12.3 Å². The zero-order valence-electron chi connectivity index (χ0n) is 10.7. The van der Waals surface area contributed by atoms with Crippen LogP contribution in [0.3, 0.4) is 0 Å². The van der Waals surface area contributed by atoms with Gasteiger partial charge in [0.15, 0.2) is 0 Å². The molecule has 0 aliphatic carbocycles. The highest BCUT2D eigenvalue weighted by molar-refractivity contribution is 5.76. The van der Waals surface area contributed by atoms with Gasteiger partial charge in [-0.1, -0.05) is 0 Å². The summed E-state index contributed by atoms with van der Waals surface area (Å²) in [6.45, 7) is 1.81. The molecule has 1 unspecified atom stereocenters. The van der Waals surface area contributed by atoms with Crippen LogP contribution in [-0.2, 0) is 23.1 Å².